The van der Waals surface area contributed by atoms with Crippen molar-refractivity contribution in [3.63, 3.8) is 0 Å². The third-order valence-electron chi connectivity index (χ3n) is 2.31. The maximum atomic E-state index is 12.1. The molecule has 0 aromatic rings. The first-order valence-electron chi connectivity index (χ1n) is 4.10. The second kappa shape index (κ2) is 3.68. The molecule has 0 radical (unpaired) electrons. The highest BCUT2D eigenvalue weighted by molar-refractivity contribution is 7.93. The van der Waals surface area contributed by atoms with Crippen LogP contribution in [0.1, 0.15) is 32.1 Å². The first-order chi connectivity index (χ1) is 5.55. The third kappa shape index (κ3) is 1.94. The van der Waals surface area contributed by atoms with Crippen molar-refractivity contribution in [2.24, 2.45) is 0 Å². The lowest BCUT2D eigenvalue weighted by Crippen LogP contribution is -2.27. The van der Waals surface area contributed by atoms with Crippen molar-refractivity contribution in [2.75, 3.05) is 0 Å². The fourth-order valence-electron chi connectivity index (χ4n) is 1.56. The Kier molecular flexibility index (Phi) is 3.04. The Bertz CT molecular complexity index is 232. The van der Waals surface area contributed by atoms with Crippen molar-refractivity contribution in [1.29, 1.82) is 4.78 Å². The third-order valence-corrected chi connectivity index (χ3v) is 4.30. The highest BCUT2D eigenvalue weighted by Gasteiger charge is 2.31. The predicted octanol–water partition coefficient (Wildman–Crippen LogP) is 2.59. The molecule has 0 amide bonds. The maximum Gasteiger partial charge on any atom is 0.319 e. The summed E-state index contributed by atoms with van der Waals surface area (Å²) in [4.78, 5) is 0. The van der Waals surface area contributed by atoms with Crippen molar-refractivity contribution in [1.82, 2.24) is 0 Å². The molecular weight excluding hydrogens is 184 g/mol. The number of nitrogens with one attached hydrogen (secondary N) is 1. The van der Waals surface area contributed by atoms with E-state index in [2.05, 4.69) is 0 Å². The van der Waals surface area contributed by atoms with Gasteiger partial charge in [0.05, 0.1) is 0 Å². The van der Waals surface area contributed by atoms with Crippen LogP contribution >= 0.6 is 0 Å². The molecule has 5 heteroatoms. The van der Waals surface area contributed by atoms with E-state index < -0.39 is 20.7 Å². The molecule has 0 aromatic carbocycles. The monoisotopic (exact) mass is 197 g/mol. The Morgan fingerprint density at radius 2 is 1.75 bits per heavy atom. The van der Waals surface area contributed by atoms with Gasteiger partial charge in [0.1, 0.15) is 9.73 Å². The largest absolute Gasteiger partial charge is 0.319 e. The summed E-state index contributed by atoms with van der Waals surface area (Å²) in [5.41, 5.74) is 0. The molecule has 1 rings (SSSR count). The van der Waals surface area contributed by atoms with E-state index in [9.17, 15) is 13.0 Å². The zero-order valence-corrected chi connectivity index (χ0v) is 7.58. The molecule has 0 saturated heterocycles. The highest BCUT2D eigenvalue weighted by atomic mass is 32.2. The lowest BCUT2D eigenvalue weighted by molar-refractivity contribution is 0.238. The van der Waals surface area contributed by atoms with Gasteiger partial charge in [-0.05, 0) is 12.8 Å². The molecule has 12 heavy (non-hydrogen) atoms. The normalized spacial score (nSPS) is 25.6. The van der Waals surface area contributed by atoms with Gasteiger partial charge >= 0.3 is 5.76 Å². The van der Waals surface area contributed by atoms with Crippen molar-refractivity contribution in [2.45, 2.75) is 43.1 Å². The zero-order chi connectivity index (χ0) is 9.19. The molecule has 0 bridgehead atoms. The molecule has 1 unspecified atom stereocenters. The molecule has 1 aliphatic carbocycles. The SMILES string of the molecule is N=S(=O)(C(F)F)C1CCCCC1. The number of halogens is 2. The second-order valence-electron chi connectivity index (χ2n) is 3.17. The second-order valence-corrected chi connectivity index (χ2v) is 5.49. The van der Waals surface area contributed by atoms with E-state index in [1.165, 1.54) is 0 Å². The van der Waals surface area contributed by atoms with Gasteiger partial charge < -0.3 is 0 Å². The van der Waals surface area contributed by atoms with Gasteiger partial charge in [-0.2, -0.15) is 8.78 Å². The summed E-state index contributed by atoms with van der Waals surface area (Å²) < 4.78 is 42.5. The van der Waals surface area contributed by atoms with Gasteiger partial charge in [-0.25, -0.2) is 8.99 Å². The average molecular weight is 197 g/mol. The van der Waals surface area contributed by atoms with Crippen molar-refractivity contribution in [3.05, 3.63) is 0 Å². The van der Waals surface area contributed by atoms with Crippen molar-refractivity contribution >= 4 is 9.73 Å². The number of rotatable bonds is 2. The van der Waals surface area contributed by atoms with Gasteiger partial charge in [-0.1, -0.05) is 19.3 Å². The Morgan fingerprint density at radius 1 is 1.25 bits per heavy atom. The van der Waals surface area contributed by atoms with E-state index in [1.807, 2.05) is 0 Å². The van der Waals surface area contributed by atoms with Crippen LogP contribution < -0.4 is 0 Å². The number of alkyl halides is 2. The van der Waals surface area contributed by atoms with E-state index in [-0.39, 0.29) is 0 Å². The quantitative estimate of drug-likeness (QED) is 0.726. The average Bonchev–Trinajstić information content (AvgIpc) is 2.06. The first-order valence-corrected chi connectivity index (χ1v) is 5.78. The topological polar surface area (TPSA) is 40.9 Å². The Morgan fingerprint density at radius 3 is 2.17 bits per heavy atom. The molecule has 0 aromatic heterocycles. The van der Waals surface area contributed by atoms with Gasteiger partial charge in [0.25, 0.3) is 0 Å². The van der Waals surface area contributed by atoms with Gasteiger partial charge in [0.2, 0.25) is 0 Å². The van der Waals surface area contributed by atoms with Gasteiger partial charge in [0, 0.05) is 5.25 Å². The first kappa shape index (κ1) is 9.89. The van der Waals surface area contributed by atoms with Crippen LogP contribution in [-0.4, -0.2) is 15.2 Å². The minimum absolute atomic E-state index is 0.534. The summed E-state index contributed by atoms with van der Waals surface area (Å²) in [6.07, 6.45) is 3.77. The van der Waals surface area contributed by atoms with E-state index in [0.717, 1.165) is 19.3 Å². The van der Waals surface area contributed by atoms with Crippen LogP contribution in [-0.2, 0) is 9.73 Å². The Hall–Kier alpha value is -0.190. The Labute approximate surface area is 71.3 Å². The van der Waals surface area contributed by atoms with Crippen molar-refractivity contribution in [3.8, 4) is 0 Å². The molecule has 1 atom stereocenters. The maximum absolute atomic E-state index is 12.1. The van der Waals surface area contributed by atoms with Crippen LogP contribution in [0.25, 0.3) is 0 Å². The zero-order valence-electron chi connectivity index (χ0n) is 6.76. The van der Waals surface area contributed by atoms with Crippen LogP contribution in [0.15, 0.2) is 0 Å². The predicted molar refractivity (Wildman–Crippen MR) is 43.7 cm³/mol. The number of hydrogen-bond acceptors (Lipinski definition) is 2. The summed E-state index contributed by atoms with van der Waals surface area (Å²) in [6.45, 7) is 0. The van der Waals surface area contributed by atoms with Crippen molar-refractivity contribution < 1.29 is 13.0 Å². The molecule has 0 heterocycles. The van der Waals surface area contributed by atoms with Gasteiger partial charge in [-0.15, -0.1) is 0 Å². The van der Waals surface area contributed by atoms with E-state index in [0.29, 0.717) is 12.8 Å². The minimum Gasteiger partial charge on any atom is -0.248 e. The van der Waals surface area contributed by atoms with Gasteiger partial charge in [-0.3, -0.25) is 0 Å². The lowest BCUT2D eigenvalue weighted by Gasteiger charge is -2.23. The fourth-order valence-corrected chi connectivity index (χ4v) is 2.89. The summed E-state index contributed by atoms with van der Waals surface area (Å²) in [7, 11) is -3.63. The van der Waals surface area contributed by atoms with E-state index in [4.69, 9.17) is 4.78 Å². The standard InChI is InChI=1S/C7H13F2NOS/c8-7(9)12(10,11)6-4-2-1-3-5-6/h6-7,10H,1-5H2. The fraction of sp³-hybridized carbons (Fsp3) is 1.00. The van der Waals surface area contributed by atoms with E-state index >= 15 is 0 Å². The van der Waals surface area contributed by atoms with Crippen LogP contribution in [0, 0.1) is 4.78 Å². The molecule has 1 fully saturated rings. The van der Waals surface area contributed by atoms with Crippen LogP contribution in [0.5, 0.6) is 0 Å². The highest BCUT2D eigenvalue weighted by Crippen LogP contribution is 2.27. The molecule has 72 valence electrons. The van der Waals surface area contributed by atoms with Gasteiger partial charge in [0.15, 0.2) is 0 Å². The molecule has 0 spiro atoms. The summed E-state index contributed by atoms with van der Waals surface area (Å²) in [6, 6.07) is 0. The summed E-state index contributed by atoms with van der Waals surface area (Å²) in [5, 5.41) is -0.564. The molecule has 1 aliphatic rings. The molecule has 2 nitrogen and oxygen atoms in total. The van der Waals surface area contributed by atoms with Crippen LogP contribution in [0.3, 0.4) is 0 Å². The number of hydrogen-bond donors (Lipinski definition) is 1. The lowest BCUT2D eigenvalue weighted by atomic mass is 10.0. The summed E-state index contributed by atoms with van der Waals surface area (Å²) in [5.74, 6) is -2.97. The molecule has 1 N–H and O–H groups in total. The summed E-state index contributed by atoms with van der Waals surface area (Å²) >= 11 is 0. The minimum atomic E-state index is -3.63. The van der Waals surface area contributed by atoms with Crippen LogP contribution in [0.2, 0.25) is 0 Å². The van der Waals surface area contributed by atoms with E-state index in [1.54, 1.807) is 0 Å². The molecule has 1 saturated carbocycles. The molecular formula is C7H13F2NOS. The van der Waals surface area contributed by atoms with Crippen LogP contribution in [0.4, 0.5) is 8.78 Å². The molecule has 0 aliphatic heterocycles. The Balaban J connectivity index is 2.67. The smallest absolute Gasteiger partial charge is 0.248 e.